The van der Waals surface area contributed by atoms with Crippen molar-refractivity contribution in [1.29, 1.82) is 0 Å². The number of H-pyrrole nitrogens is 1. The van der Waals surface area contributed by atoms with E-state index in [0.717, 1.165) is 47.2 Å². The maximum atomic E-state index is 14.6. The second-order valence-electron chi connectivity index (χ2n) is 25.9. The number of methoxy groups -OCH3 is 2. The van der Waals surface area contributed by atoms with Crippen LogP contribution in [0.2, 0.25) is 0 Å². The van der Waals surface area contributed by atoms with Crippen molar-refractivity contribution in [2.75, 3.05) is 27.4 Å². The fraction of sp³-hybridized carbons (Fsp3) is 0.387. The summed E-state index contributed by atoms with van der Waals surface area (Å²) < 4.78 is 10.8. The summed E-state index contributed by atoms with van der Waals surface area (Å²) in [7, 11) is 3.11. The number of nitrogens with zero attached hydrogens (tertiary/aromatic N) is 1. The van der Waals surface area contributed by atoms with E-state index >= 15 is 0 Å². The molecule has 6 rings (SSSR count). The summed E-state index contributed by atoms with van der Waals surface area (Å²) in [5.41, 5.74) is 19.2. The zero-order valence-electron chi connectivity index (χ0n) is 61.1. The Morgan fingerprint density at radius 1 is 0.514 bits per heavy atom. The van der Waals surface area contributed by atoms with Crippen molar-refractivity contribution < 1.29 is 97.3 Å². The molecular formula is C75H94N14O20. The Morgan fingerprint density at radius 2 is 1.00 bits per heavy atom. The Morgan fingerprint density at radius 3 is 1.52 bits per heavy atom. The number of rotatable bonds is 42. The van der Waals surface area contributed by atoms with E-state index in [-0.39, 0.29) is 25.7 Å². The van der Waals surface area contributed by atoms with Gasteiger partial charge in [0, 0.05) is 44.0 Å². The number of aliphatic carboxylic acids is 2. The molecule has 0 saturated heterocycles. The predicted octanol–water partition coefficient (Wildman–Crippen LogP) is -1.69. The van der Waals surface area contributed by atoms with Gasteiger partial charge in [0.25, 0.3) is 0 Å². The number of carboxylic acids is 2. The van der Waals surface area contributed by atoms with Crippen molar-refractivity contribution in [3.63, 3.8) is 0 Å². The van der Waals surface area contributed by atoms with Crippen molar-refractivity contribution >= 4 is 76.9 Å². The van der Waals surface area contributed by atoms with Crippen LogP contribution in [-0.2, 0) is 94.4 Å². The maximum absolute atomic E-state index is 14.6. The number of nitrogens with one attached hydrogen (secondary N) is 11. The molecule has 34 heteroatoms. The van der Waals surface area contributed by atoms with Crippen molar-refractivity contribution in [1.82, 2.24) is 63.1 Å². The molecule has 584 valence electrons. The van der Waals surface area contributed by atoms with Gasteiger partial charge in [-0.15, -0.1) is 0 Å². The molecule has 0 unspecified atom stereocenters. The highest BCUT2D eigenvalue weighted by Gasteiger charge is 2.38. The maximum Gasteiger partial charge on any atom is 0.305 e. The van der Waals surface area contributed by atoms with Crippen molar-refractivity contribution in [3.05, 3.63) is 161 Å². The zero-order chi connectivity index (χ0) is 80.2. The lowest BCUT2D eigenvalue weighted by Gasteiger charge is -2.28. The zero-order valence-corrected chi connectivity index (χ0v) is 61.1. The number of nitrogens with two attached hydrogens (primary N) is 2. The fourth-order valence-corrected chi connectivity index (χ4v) is 11.4. The van der Waals surface area contributed by atoms with Gasteiger partial charge in [0.2, 0.25) is 65.0 Å². The highest BCUT2D eigenvalue weighted by molar-refractivity contribution is 6.00. The number of carbonyl (C=O) groups is 13. The van der Waals surface area contributed by atoms with Crippen molar-refractivity contribution in [3.8, 4) is 33.8 Å². The van der Waals surface area contributed by atoms with E-state index in [1.807, 2.05) is 56.3 Å². The SMILES string of the molecule is CCc1cc(OC)ccc1-c1ccc(C[C@H](NC(=O)[C@H](CC(=O)O)NC(=O)[C@H](CO)NC(=O)[C@@H](NC(=O)[C@H](Cc2ccccc2)NC(=O)[C@@H](NC(=O)CNC(=O)[C@H](CCC(=O)O)NC(=O)[C@H](C)NC(=O)[C@@H](N)Cc2cnc[nH]2)[C@@H](C)O)[C@@H](C)O)C(=O)N[C@@H](Cc2ccc(-c3ccc(OC)cc3C)cc2)C(N)=O)cc1. The van der Waals surface area contributed by atoms with Gasteiger partial charge in [-0.1, -0.05) is 97.9 Å². The third-order valence-corrected chi connectivity index (χ3v) is 17.5. The van der Waals surface area contributed by atoms with E-state index in [4.69, 9.17) is 20.9 Å². The third-order valence-electron chi connectivity index (χ3n) is 17.5. The lowest BCUT2D eigenvalue weighted by atomic mass is 9.95. The summed E-state index contributed by atoms with van der Waals surface area (Å²) in [6.45, 7) is 5.14. The molecule has 109 heavy (non-hydrogen) atoms. The molecule has 0 radical (unpaired) electrons. The van der Waals surface area contributed by atoms with Crippen LogP contribution in [0, 0.1) is 6.92 Å². The average molecular weight is 1510 g/mol. The van der Waals surface area contributed by atoms with Gasteiger partial charge < -0.3 is 105 Å². The highest BCUT2D eigenvalue weighted by Crippen LogP contribution is 2.30. The summed E-state index contributed by atoms with van der Waals surface area (Å²) in [6.07, 6.45) is -3.06. The molecule has 5 aromatic carbocycles. The Hall–Kier alpha value is -12.1. The molecular weight excluding hydrogens is 1420 g/mol. The highest BCUT2D eigenvalue weighted by atomic mass is 16.5. The predicted molar refractivity (Wildman–Crippen MR) is 394 cm³/mol. The monoisotopic (exact) mass is 1510 g/mol. The Bertz CT molecular complexity index is 4160. The van der Waals surface area contributed by atoms with Crippen molar-refractivity contribution in [2.24, 2.45) is 11.5 Å². The van der Waals surface area contributed by atoms with E-state index in [0.29, 0.717) is 40.3 Å². The number of hydrogen-bond donors (Lipinski definition) is 18. The topological polar surface area (TPSA) is 543 Å². The lowest BCUT2D eigenvalue weighted by Crippen LogP contribution is -2.63. The summed E-state index contributed by atoms with van der Waals surface area (Å²) in [4.78, 5) is 182. The van der Waals surface area contributed by atoms with Gasteiger partial charge in [-0.3, -0.25) is 62.3 Å². The van der Waals surface area contributed by atoms with Crippen molar-refractivity contribution in [2.45, 2.75) is 159 Å². The molecule has 0 aliphatic heterocycles. The number of ether oxygens (including phenoxy) is 2. The van der Waals surface area contributed by atoms with Gasteiger partial charge >= 0.3 is 11.9 Å². The van der Waals surface area contributed by atoms with Crippen LogP contribution in [0.1, 0.15) is 80.5 Å². The molecule has 0 spiro atoms. The third kappa shape index (κ3) is 26.4. The van der Waals surface area contributed by atoms with Crippen LogP contribution < -0.4 is 74.1 Å². The number of aliphatic hydroxyl groups is 3. The first kappa shape index (κ1) is 85.8. The molecule has 1 heterocycles. The van der Waals surface area contributed by atoms with Crippen LogP contribution in [0.25, 0.3) is 22.3 Å². The fourth-order valence-electron chi connectivity index (χ4n) is 11.4. The van der Waals surface area contributed by atoms with Gasteiger partial charge in [-0.25, -0.2) is 4.98 Å². The van der Waals surface area contributed by atoms with Crippen LogP contribution in [0.3, 0.4) is 0 Å². The average Bonchev–Trinajstić information content (AvgIpc) is 1.20. The number of hydrogen-bond acceptors (Lipinski definition) is 20. The molecule has 0 saturated carbocycles. The summed E-state index contributed by atoms with van der Waals surface area (Å²) in [5.74, 6) is -13.8. The van der Waals surface area contributed by atoms with Crippen LogP contribution in [0.5, 0.6) is 11.5 Å². The first-order chi connectivity index (χ1) is 51.8. The summed E-state index contributed by atoms with van der Waals surface area (Å²) >= 11 is 0. The minimum absolute atomic E-state index is 0.0326. The molecule has 11 amide bonds. The first-order valence-electron chi connectivity index (χ1n) is 34.8. The van der Waals surface area contributed by atoms with Gasteiger partial charge in [0.05, 0.1) is 58.4 Å². The first-order valence-corrected chi connectivity index (χ1v) is 34.8. The normalized spacial score (nSPS) is 14.3. The molecule has 0 fully saturated rings. The lowest BCUT2D eigenvalue weighted by molar-refractivity contribution is -0.142. The summed E-state index contributed by atoms with van der Waals surface area (Å²) in [5, 5.41) is 75.2. The molecule has 34 nitrogen and oxygen atoms in total. The number of aryl methyl sites for hydroxylation is 2. The van der Waals surface area contributed by atoms with E-state index in [1.54, 1.807) is 87.0 Å². The number of amides is 11. The minimum Gasteiger partial charge on any atom is -0.497 e. The second kappa shape index (κ2) is 41.7. The molecule has 0 aliphatic rings. The smallest absolute Gasteiger partial charge is 0.305 e. The minimum atomic E-state index is -2.06. The van der Waals surface area contributed by atoms with Crippen LogP contribution in [-0.4, -0.2) is 212 Å². The van der Waals surface area contributed by atoms with E-state index < -0.39 is 182 Å². The van der Waals surface area contributed by atoms with Crippen LogP contribution in [0.15, 0.2) is 128 Å². The van der Waals surface area contributed by atoms with Gasteiger partial charge in [0.15, 0.2) is 0 Å². The van der Waals surface area contributed by atoms with Gasteiger partial charge in [-0.2, -0.15) is 0 Å². The molecule has 12 atom stereocenters. The molecule has 20 N–H and O–H groups in total. The molecule has 0 bridgehead atoms. The van der Waals surface area contributed by atoms with Gasteiger partial charge in [-0.05, 0) is 115 Å². The van der Waals surface area contributed by atoms with Crippen LogP contribution >= 0.6 is 0 Å². The number of carbonyl (C=O) groups excluding carboxylic acids is 11. The quantitative estimate of drug-likeness (QED) is 0.0203. The number of benzene rings is 5. The summed E-state index contributed by atoms with van der Waals surface area (Å²) in [6, 6.07) is 16.5. The molecule has 0 aliphatic carbocycles. The standard InChI is InChI=1S/C75H94N14O20/c1-8-46-32-51(109-7)23-25-53(46)48-20-16-45(17-21-48)31-57(70(102)83-56(66(77)98)29-44-14-18-47(19-15-44)52-24-22-50(108-6)28-39(52)2)84-71(103)59(34-63(96)97)85-73(105)60(37-90)87-75(107)65(42(5)92)89-72(104)58(30-43-12-10-9-11-13-43)86-74(106)64(41(4)91)88-61(93)36-79-69(101)55(26-27-62(94)95)82-67(99)40(3)81-68(100)54(76)33-49-35-78-38-80-49/h9-25,28,32,35,38,40-42,54-60,64-65,90-92H,8,26-27,29-31,33-34,36-37,76H2,1-7H3,(H2,77,98)(H,78,80)(H,79,101)(H,81,100)(H,82,99)(H,83,102)(H,84,103)(H,85,105)(H,86,106)(H,87,107)(H,88,93)(H,89,104)(H,94,95)(H,96,97)/t40-,41+,42+,54-,55-,56-,57-,58-,59-,60-,64-,65-/m0/s1. The number of imidazole rings is 1. The van der Waals surface area contributed by atoms with Gasteiger partial charge in [0.1, 0.15) is 65.9 Å². The molecule has 6 aromatic rings. The van der Waals surface area contributed by atoms with E-state index in [2.05, 4.69) is 63.1 Å². The number of aromatic amines is 1. The number of aliphatic hydroxyl groups excluding tert-OH is 3. The number of primary amides is 1. The number of aromatic nitrogens is 2. The van der Waals surface area contributed by atoms with E-state index in [9.17, 15) is 87.9 Å². The number of carboxylic acid groups (broad SMARTS) is 2. The largest absolute Gasteiger partial charge is 0.497 e. The van der Waals surface area contributed by atoms with Crippen LogP contribution in [0.4, 0.5) is 0 Å². The second-order valence-corrected chi connectivity index (χ2v) is 25.9. The molecule has 1 aromatic heterocycles. The Labute approximate surface area is 627 Å². The van der Waals surface area contributed by atoms with E-state index in [1.165, 1.54) is 19.4 Å². The Balaban J connectivity index is 1.15. The Kier molecular flexibility index (Phi) is 32.8.